The van der Waals surface area contributed by atoms with Crippen molar-refractivity contribution in [1.29, 1.82) is 0 Å². The maximum atomic E-state index is 13.1. The number of nitrogens with zero attached hydrogens (tertiary/aromatic N) is 1. The van der Waals surface area contributed by atoms with E-state index in [4.69, 9.17) is 16.3 Å². The van der Waals surface area contributed by atoms with E-state index in [0.717, 1.165) is 10.4 Å². The molecule has 0 fully saturated rings. The van der Waals surface area contributed by atoms with Crippen molar-refractivity contribution in [3.8, 4) is 0 Å². The number of para-hydroxylation sites is 1. The van der Waals surface area contributed by atoms with E-state index in [0.29, 0.717) is 5.69 Å². The lowest BCUT2D eigenvalue weighted by molar-refractivity contribution is -0.123. The van der Waals surface area contributed by atoms with Gasteiger partial charge in [0.15, 0.2) is 6.61 Å². The third-order valence-electron chi connectivity index (χ3n) is 3.70. The molecule has 1 amide bonds. The molecule has 0 radical (unpaired) electrons. The van der Waals surface area contributed by atoms with Gasteiger partial charge >= 0.3 is 5.97 Å². The standard InChI is InChI=1S/C19H19ClN2O5S/c1-3-11-22(14-7-5-4-6-8-14)28(25,26)15-9-10-17(20)16(12-15)19(24)27-13-18(23)21-2/h3-10,12H,1,11,13H2,2H3,(H,21,23). The predicted octanol–water partition coefficient (Wildman–Crippen LogP) is 2.62. The molecule has 0 aliphatic carbocycles. The highest BCUT2D eigenvalue weighted by molar-refractivity contribution is 7.92. The van der Waals surface area contributed by atoms with E-state index in [1.54, 1.807) is 30.3 Å². The molecule has 0 heterocycles. The van der Waals surface area contributed by atoms with E-state index >= 15 is 0 Å². The first-order valence-electron chi connectivity index (χ1n) is 8.17. The fourth-order valence-corrected chi connectivity index (χ4v) is 3.94. The van der Waals surface area contributed by atoms with Crippen molar-refractivity contribution in [3.05, 3.63) is 71.8 Å². The number of sulfonamides is 1. The molecule has 2 aromatic rings. The summed E-state index contributed by atoms with van der Waals surface area (Å²) in [5, 5.41) is 2.32. The minimum atomic E-state index is -4.01. The predicted molar refractivity (Wildman–Crippen MR) is 107 cm³/mol. The van der Waals surface area contributed by atoms with Crippen molar-refractivity contribution in [2.24, 2.45) is 0 Å². The summed E-state index contributed by atoms with van der Waals surface area (Å²) in [6.07, 6.45) is 1.46. The number of ether oxygens (including phenoxy) is 1. The lowest BCUT2D eigenvalue weighted by atomic mass is 10.2. The number of halogens is 1. The Hall–Kier alpha value is -2.84. The van der Waals surface area contributed by atoms with Gasteiger partial charge in [0, 0.05) is 7.05 Å². The zero-order chi connectivity index (χ0) is 20.7. The number of esters is 1. The highest BCUT2D eigenvalue weighted by atomic mass is 35.5. The minimum Gasteiger partial charge on any atom is -0.452 e. The molecule has 148 valence electrons. The maximum absolute atomic E-state index is 13.1. The molecule has 0 aliphatic heterocycles. The van der Waals surface area contributed by atoms with Gasteiger partial charge in [0.1, 0.15) is 0 Å². The van der Waals surface area contributed by atoms with E-state index in [-0.39, 0.29) is 22.0 Å². The van der Waals surface area contributed by atoms with Crippen LogP contribution in [0, 0.1) is 0 Å². The molecule has 0 bridgehead atoms. The summed E-state index contributed by atoms with van der Waals surface area (Å²) in [5.74, 6) is -1.41. The Bertz CT molecular complexity index is 977. The van der Waals surface area contributed by atoms with Gasteiger partial charge in [-0.25, -0.2) is 13.2 Å². The van der Waals surface area contributed by atoms with Gasteiger partial charge in [-0.2, -0.15) is 0 Å². The molecular weight excluding hydrogens is 404 g/mol. The van der Waals surface area contributed by atoms with Crippen LogP contribution in [-0.4, -0.2) is 40.5 Å². The van der Waals surface area contributed by atoms with Crippen LogP contribution in [-0.2, 0) is 19.6 Å². The van der Waals surface area contributed by atoms with Crippen molar-refractivity contribution in [1.82, 2.24) is 5.32 Å². The van der Waals surface area contributed by atoms with E-state index in [1.165, 1.54) is 25.3 Å². The molecule has 7 nitrogen and oxygen atoms in total. The van der Waals surface area contributed by atoms with Gasteiger partial charge in [-0.15, -0.1) is 6.58 Å². The quantitative estimate of drug-likeness (QED) is 0.521. The number of anilines is 1. The van der Waals surface area contributed by atoms with Crippen LogP contribution in [0.5, 0.6) is 0 Å². The van der Waals surface area contributed by atoms with Crippen LogP contribution in [0.3, 0.4) is 0 Å². The van der Waals surface area contributed by atoms with Gasteiger partial charge in [-0.05, 0) is 30.3 Å². The maximum Gasteiger partial charge on any atom is 0.340 e. The van der Waals surface area contributed by atoms with E-state index in [9.17, 15) is 18.0 Å². The first-order chi connectivity index (χ1) is 13.3. The van der Waals surface area contributed by atoms with Crippen molar-refractivity contribution < 1.29 is 22.7 Å². The number of benzene rings is 2. The second kappa shape index (κ2) is 9.38. The Morgan fingerprint density at radius 1 is 1.21 bits per heavy atom. The second-order valence-electron chi connectivity index (χ2n) is 5.55. The number of hydrogen-bond donors (Lipinski definition) is 1. The summed E-state index contributed by atoms with van der Waals surface area (Å²) in [7, 11) is -2.61. The number of amides is 1. The average molecular weight is 423 g/mol. The molecule has 0 aliphatic rings. The highest BCUT2D eigenvalue weighted by Gasteiger charge is 2.26. The summed E-state index contributed by atoms with van der Waals surface area (Å²) in [5.41, 5.74) is 0.291. The van der Waals surface area contributed by atoms with Gasteiger partial charge in [0.25, 0.3) is 15.9 Å². The Balaban J connectivity index is 2.41. The largest absolute Gasteiger partial charge is 0.452 e. The van der Waals surface area contributed by atoms with Crippen LogP contribution >= 0.6 is 11.6 Å². The number of likely N-dealkylation sites (N-methyl/N-ethyl adjacent to an activating group) is 1. The fraction of sp³-hybridized carbons (Fsp3) is 0.158. The van der Waals surface area contributed by atoms with Gasteiger partial charge in [-0.3, -0.25) is 9.10 Å². The molecule has 2 aromatic carbocycles. The summed E-state index contributed by atoms with van der Waals surface area (Å²) in [4.78, 5) is 23.3. The first-order valence-corrected chi connectivity index (χ1v) is 9.99. The molecule has 0 spiro atoms. The Labute approximate surface area is 168 Å². The van der Waals surface area contributed by atoms with Crippen LogP contribution in [0.15, 0.2) is 66.1 Å². The lowest BCUT2D eigenvalue weighted by Gasteiger charge is -2.23. The first kappa shape index (κ1) is 21.5. The molecule has 28 heavy (non-hydrogen) atoms. The number of rotatable bonds is 8. The average Bonchev–Trinajstić information content (AvgIpc) is 2.70. The number of nitrogens with one attached hydrogen (secondary N) is 1. The van der Waals surface area contributed by atoms with E-state index in [1.807, 2.05) is 0 Å². The topological polar surface area (TPSA) is 92.8 Å². The Morgan fingerprint density at radius 3 is 2.50 bits per heavy atom. The third-order valence-corrected chi connectivity index (χ3v) is 5.82. The molecule has 0 atom stereocenters. The summed E-state index contributed by atoms with van der Waals surface area (Å²) < 4.78 is 32.3. The van der Waals surface area contributed by atoms with Crippen molar-refractivity contribution in [3.63, 3.8) is 0 Å². The van der Waals surface area contributed by atoms with Crippen LogP contribution in [0.4, 0.5) is 5.69 Å². The van der Waals surface area contributed by atoms with Crippen molar-refractivity contribution in [2.75, 3.05) is 24.5 Å². The molecule has 0 saturated heterocycles. The molecule has 0 saturated carbocycles. The lowest BCUT2D eigenvalue weighted by Crippen LogP contribution is -2.31. The van der Waals surface area contributed by atoms with Gasteiger partial charge < -0.3 is 10.1 Å². The zero-order valence-corrected chi connectivity index (χ0v) is 16.7. The Kier molecular flexibility index (Phi) is 7.19. The fourth-order valence-electron chi connectivity index (χ4n) is 2.28. The number of hydrogen-bond acceptors (Lipinski definition) is 5. The normalized spacial score (nSPS) is 10.8. The summed E-state index contributed by atoms with van der Waals surface area (Å²) in [6.45, 7) is 3.13. The van der Waals surface area contributed by atoms with Crippen LogP contribution in [0.1, 0.15) is 10.4 Å². The summed E-state index contributed by atoms with van der Waals surface area (Å²) >= 11 is 6.02. The zero-order valence-electron chi connectivity index (χ0n) is 15.1. The molecule has 0 aromatic heterocycles. The molecule has 2 rings (SSSR count). The second-order valence-corrected chi connectivity index (χ2v) is 7.82. The number of carbonyl (C=O) groups is 2. The molecular formula is C19H19ClN2O5S. The summed E-state index contributed by atoms with van der Waals surface area (Å²) in [6, 6.07) is 12.2. The monoisotopic (exact) mass is 422 g/mol. The van der Waals surface area contributed by atoms with Crippen molar-refractivity contribution >= 4 is 39.2 Å². The number of carbonyl (C=O) groups excluding carboxylic acids is 2. The van der Waals surface area contributed by atoms with E-state index in [2.05, 4.69) is 11.9 Å². The van der Waals surface area contributed by atoms with Crippen LogP contribution in [0.2, 0.25) is 5.02 Å². The van der Waals surface area contributed by atoms with Gasteiger partial charge in [-0.1, -0.05) is 35.9 Å². The van der Waals surface area contributed by atoms with E-state index < -0.39 is 28.5 Å². The highest BCUT2D eigenvalue weighted by Crippen LogP contribution is 2.27. The smallest absolute Gasteiger partial charge is 0.340 e. The SMILES string of the molecule is C=CCN(c1ccccc1)S(=O)(=O)c1ccc(Cl)c(C(=O)OCC(=O)NC)c1. The van der Waals surface area contributed by atoms with Crippen LogP contribution in [0.25, 0.3) is 0 Å². The molecule has 9 heteroatoms. The van der Waals surface area contributed by atoms with Crippen molar-refractivity contribution in [2.45, 2.75) is 4.90 Å². The minimum absolute atomic E-state index is 0.0100. The Morgan fingerprint density at radius 2 is 1.89 bits per heavy atom. The van der Waals surface area contributed by atoms with Crippen LogP contribution < -0.4 is 9.62 Å². The molecule has 0 unspecified atom stereocenters. The molecule has 1 N–H and O–H groups in total. The van der Waals surface area contributed by atoms with Gasteiger partial charge in [0.05, 0.1) is 27.7 Å². The van der Waals surface area contributed by atoms with Gasteiger partial charge in [0.2, 0.25) is 0 Å². The third kappa shape index (κ3) is 4.90.